The summed E-state index contributed by atoms with van der Waals surface area (Å²) in [6.45, 7) is 7.95. The first-order valence-corrected chi connectivity index (χ1v) is 15.8. The summed E-state index contributed by atoms with van der Waals surface area (Å²) < 4.78 is 16.7. The smallest absolute Gasteiger partial charge is 0.335 e. The van der Waals surface area contributed by atoms with E-state index in [-0.39, 0.29) is 12.0 Å². The third kappa shape index (κ3) is 7.40. The molecular formula is C39H45NO4. The summed E-state index contributed by atoms with van der Waals surface area (Å²) in [4.78, 5) is 14.6. The van der Waals surface area contributed by atoms with Crippen molar-refractivity contribution in [1.82, 2.24) is 4.90 Å². The number of fused-ring (bicyclic) bond motifs is 2. The maximum absolute atomic E-state index is 12.1. The quantitative estimate of drug-likeness (QED) is 0.160. The lowest BCUT2D eigenvalue weighted by Crippen LogP contribution is -2.30. The van der Waals surface area contributed by atoms with Crippen LogP contribution in [-0.2, 0) is 33.5 Å². The molecule has 230 valence electrons. The van der Waals surface area contributed by atoms with Crippen molar-refractivity contribution in [3.8, 4) is 5.75 Å². The molecule has 3 atom stereocenters. The Morgan fingerprint density at radius 2 is 1.64 bits per heavy atom. The van der Waals surface area contributed by atoms with Gasteiger partial charge in [-0.2, -0.15) is 0 Å². The van der Waals surface area contributed by atoms with Gasteiger partial charge in [-0.25, -0.2) is 4.79 Å². The Labute approximate surface area is 262 Å². The number of hydrogen-bond acceptors (Lipinski definition) is 5. The normalized spacial score (nSPS) is 15.5. The molecule has 4 aromatic rings. The second-order valence-electron chi connectivity index (χ2n) is 11.8. The van der Waals surface area contributed by atoms with Crippen LogP contribution in [0.2, 0.25) is 0 Å². The molecule has 1 aliphatic carbocycles. The summed E-state index contributed by atoms with van der Waals surface area (Å²) in [6, 6.07) is 32.9. The zero-order chi connectivity index (χ0) is 31.1. The van der Waals surface area contributed by atoms with Crippen molar-refractivity contribution in [3.63, 3.8) is 0 Å². The number of carbonyl (C=O) groups excluding carboxylic acids is 1. The van der Waals surface area contributed by atoms with Gasteiger partial charge < -0.3 is 14.2 Å². The summed E-state index contributed by atoms with van der Waals surface area (Å²) in [6.07, 6.45) is 1.94. The van der Waals surface area contributed by atoms with E-state index in [4.69, 9.17) is 14.2 Å². The van der Waals surface area contributed by atoms with Crippen LogP contribution >= 0.6 is 0 Å². The number of carbonyl (C=O) groups is 1. The van der Waals surface area contributed by atoms with Crippen molar-refractivity contribution in [2.45, 2.75) is 58.1 Å². The Kier molecular flexibility index (Phi) is 10.5. The molecule has 3 unspecified atom stereocenters. The third-order valence-electron chi connectivity index (χ3n) is 8.85. The van der Waals surface area contributed by atoms with Gasteiger partial charge in [0.2, 0.25) is 0 Å². The second kappa shape index (κ2) is 14.7. The molecule has 0 radical (unpaired) electrons. The van der Waals surface area contributed by atoms with E-state index in [0.29, 0.717) is 25.6 Å². The van der Waals surface area contributed by atoms with Gasteiger partial charge in [-0.3, -0.25) is 4.90 Å². The Hall–Kier alpha value is -3.93. The van der Waals surface area contributed by atoms with Crippen LogP contribution in [0.15, 0.2) is 91.0 Å². The Bertz CT molecular complexity index is 1530. The molecular weight excluding hydrogens is 546 g/mol. The maximum atomic E-state index is 12.1. The van der Waals surface area contributed by atoms with E-state index in [1.165, 1.54) is 46.1 Å². The number of aryl methyl sites for hydroxylation is 3. The minimum Gasteiger partial charge on any atom is -0.492 e. The predicted molar refractivity (Wildman–Crippen MR) is 177 cm³/mol. The largest absolute Gasteiger partial charge is 0.492 e. The molecule has 0 saturated heterocycles. The third-order valence-corrected chi connectivity index (χ3v) is 8.85. The average molecular weight is 592 g/mol. The van der Waals surface area contributed by atoms with E-state index in [2.05, 4.69) is 92.5 Å². The van der Waals surface area contributed by atoms with E-state index in [0.717, 1.165) is 30.7 Å². The van der Waals surface area contributed by atoms with Crippen LogP contribution in [0.5, 0.6) is 5.75 Å². The summed E-state index contributed by atoms with van der Waals surface area (Å²) in [7, 11) is 3.75. The van der Waals surface area contributed by atoms with Gasteiger partial charge in [0, 0.05) is 26.0 Å². The maximum Gasteiger partial charge on any atom is 0.335 e. The molecule has 1 aliphatic rings. The van der Waals surface area contributed by atoms with Gasteiger partial charge in [0.15, 0.2) is 6.10 Å². The molecule has 44 heavy (non-hydrogen) atoms. The molecule has 0 spiro atoms. The van der Waals surface area contributed by atoms with E-state index in [1.807, 2.05) is 24.3 Å². The number of methoxy groups -OCH3 is 1. The van der Waals surface area contributed by atoms with Crippen LogP contribution in [0.25, 0.3) is 0 Å². The van der Waals surface area contributed by atoms with Gasteiger partial charge >= 0.3 is 5.97 Å². The minimum atomic E-state index is -0.610. The van der Waals surface area contributed by atoms with Gasteiger partial charge in [-0.15, -0.1) is 0 Å². The standard InChI is InChI=1S/C39H45NO4/c1-6-43-39(41)37(42-5)25-29-13-19-34(20-14-29)44-23-22-40(4)38-35-21-12-27(2)24-33(35)18-16-31-15-17-32(26-36(31)38)28(3)30-10-8-7-9-11-30/h7-15,17,19-21,24,26,28,37-38H,6,16,18,22-23,25H2,1-5H3. The number of esters is 1. The fourth-order valence-electron chi connectivity index (χ4n) is 6.30. The van der Waals surface area contributed by atoms with Crippen LogP contribution in [0.1, 0.15) is 70.3 Å². The Morgan fingerprint density at radius 1 is 0.886 bits per heavy atom. The number of benzene rings is 4. The lowest BCUT2D eigenvalue weighted by molar-refractivity contribution is -0.154. The fourth-order valence-corrected chi connectivity index (χ4v) is 6.30. The van der Waals surface area contributed by atoms with E-state index in [9.17, 15) is 4.79 Å². The first kappa shape index (κ1) is 31.5. The number of hydrogen-bond donors (Lipinski definition) is 0. The van der Waals surface area contributed by atoms with E-state index >= 15 is 0 Å². The van der Waals surface area contributed by atoms with Gasteiger partial charge in [0.1, 0.15) is 12.4 Å². The number of ether oxygens (including phenoxy) is 3. The molecule has 0 saturated carbocycles. The van der Waals surface area contributed by atoms with Crippen molar-refractivity contribution in [1.29, 1.82) is 0 Å². The van der Waals surface area contributed by atoms with Crippen LogP contribution in [-0.4, -0.2) is 50.9 Å². The fraction of sp³-hybridized carbons (Fsp3) is 0.359. The summed E-state index contributed by atoms with van der Waals surface area (Å²) in [5.74, 6) is 0.788. The lowest BCUT2D eigenvalue weighted by Gasteiger charge is -2.31. The highest BCUT2D eigenvalue weighted by Gasteiger charge is 2.28. The van der Waals surface area contributed by atoms with Crippen molar-refractivity contribution in [3.05, 3.63) is 136 Å². The number of rotatable bonds is 12. The van der Waals surface area contributed by atoms with Crippen molar-refractivity contribution in [2.75, 3.05) is 33.9 Å². The predicted octanol–water partition coefficient (Wildman–Crippen LogP) is 7.47. The van der Waals surface area contributed by atoms with Gasteiger partial charge in [-0.1, -0.05) is 91.3 Å². The molecule has 0 heterocycles. The summed E-state index contributed by atoms with van der Waals surface area (Å²) in [5.41, 5.74) is 10.6. The first-order chi connectivity index (χ1) is 21.4. The Balaban J connectivity index is 1.32. The zero-order valence-corrected chi connectivity index (χ0v) is 26.7. The van der Waals surface area contributed by atoms with Crippen molar-refractivity contribution >= 4 is 5.97 Å². The topological polar surface area (TPSA) is 48.0 Å². The number of likely N-dealkylation sites (N-methyl/N-ethyl adjacent to an activating group) is 1. The molecule has 0 amide bonds. The minimum absolute atomic E-state index is 0.144. The highest BCUT2D eigenvalue weighted by Crippen LogP contribution is 2.38. The zero-order valence-electron chi connectivity index (χ0n) is 26.7. The number of nitrogens with zero attached hydrogens (tertiary/aromatic N) is 1. The molecule has 0 aliphatic heterocycles. The van der Waals surface area contributed by atoms with Gasteiger partial charge in [-0.05, 0) is 84.8 Å². The van der Waals surface area contributed by atoms with Gasteiger partial charge in [0.05, 0.1) is 12.6 Å². The average Bonchev–Trinajstić information content (AvgIpc) is 3.20. The molecule has 0 N–H and O–H groups in total. The molecule has 0 fully saturated rings. The Morgan fingerprint density at radius 3 is 2.36 bits per heavy atom. The van der Waals surface area contributed by atoms with Crippen molar-refractivity contribution < 1.29 is 19.0 Å². The molecule has 0 aromatic heterocycles. The second-order valence-corrected chi connectivity index (χ2v) is 11.8. The van der Waals surface area contributed by atoms with Crippen LogP contribution < -0.4 is 4.74 Å². The summed E-state index contributed by atoms with van der Waals surface area (Å²) in [5, 5.41) is 0. The molecule has 5 nitrogen and oxygen atoms in total. The highest BCUT2D eigenvalue weighted by atomic mass is 16.6. The van der Waals surface area contributed by atoms with Gasteiger partial charge in [0.25, 0.3) is 0 Å². The molecule has 5 rings (SSSR count). The van der Waals surface area contributed by atoms with Crippen LogP contribution in [0.4, 0.5) is 0 Å². The van der Waals surface area contributed by atoms with E-state index < -0.39 is 6.10 Å². The molecule has 4 aromatic carbocycles. The van der Waals surface area contributed by atoms with Crippen molar-refractivity contribution in [2.24, 2.45) is 0 Å². The van der Waals surface area contributed by atoms with E-state index in [1.54, 1.807) is 6.92 Å². The van der Waals surface area contributed by atoms with Crippen LogP contribution in [0, 0.1) is 6.92 Å². The SMILES string of the molecule is CCOC(=O)C(Cc1ccc(OCCN(C)C2c3ccc(C)cc3CCc3ccc(C(C)c4ccccc4)cc32)cc1)OC. The summed E-state index contributed by atoms with van der Waals surface area (Å²) >= 11 is 0. The monoisotopic (exact) mass is 591 g/mol. The van der Waals surface area contributed by atoms with Crippen LogP contribution in [0.3, 0.4) is 0 Å². The first-order valence-electron chi connectivity index (χ1n) is 15.8. The highest BCUT2D eigenvalue weighted by molar-refractivity contribution is 5.75. The molecule has 5 heteroatoms. The molecule has 0 bridgehead atoms. The lowest BCUT2D eigenvalue weighted by atomic mass is 9.87.